The van der Waals surface area contributed by atoms with Gasteiger partial charge in [-0.25, -0.2) is 14.8 Å². The van der Waals surface area contributed by atoms with E-state index < -0.39 is 23.7 Å². The largest absolute Gasteiger partial charge is 0.444 e. The van der Waals surface area contributed by atoms with Gasteiger partial charge in [0.2, 0.25) is 5.91 Å². The summed E-state index contributed by atoms with van der Waals surface area (Å²) in [6.07, 6.45) is 2.30. The molecule has 0 radical (unpaired) electrons. The Labute approximate surface area is 280 Å². The van der Waals surface area contributed by atoms with Crippen LogP contribution in [0, 0.1) is 11.8 Å². The Hall–Kier alpha value is -3.73. The van der Waals surface area contributed by atoms with Gasteiger partial charge >= 0.3 is 6.09 Å². The van der Waals surface area contributed by atoms with E-state index in [1.54, 1.807) is 18.2 Å². The Morgan fingerprint density at radius 3 is 2.26 bits per heavy atom. The third-order valence-corrected chi connectivity index (χ3v) is 8.35. The zero-order chi connectivity index (χ0) is 34.5. The van der Waals surface area contributed by atoms with Crippen molar-refractivity contribution in [3.8, 4) is 0 Å². The van der Waals surface area contributed by atoms with Gasteiger partial charge in [0.05, 0.1) is 12.0 Å². The lowest BCUT2D eigenvalue weighted by atomic mass is 9.91. The quantitative estimate of drug-likeness (QED) is 0.336. The molecule has 0 bridgehead atoms. The molecule has 1 aromatic heterocycles. The average Bonchev–Trinajstić information content (AvgIpc) is 3.44. The van der Waals surface area contributed by atoms with E-state index in [1.165, 1.54) is 0 Å². The highest BCUT2D eigenvalue weighted by Gasteiger charge is 2.42. The fourth-order valence-corrected chi connectivity index (χ4v) is 6.10. The molecule has 0 spiro atoms. The molecule has 258 valence electrons. The smallest absolute Gasteiger partial charge is 0.410 e. The lowest BCUT2D eigenvalue weighted by molar-refractivity contribution is -0.138. The van der Waals surface area contributed by atoms with Crippen LogP contribution in [-0.2, 0) is 32.8 Å². The number of anilines is 1. The predicted molar refractivity (Wildman–Crippen MR) is 182 cm³/mol. The van der Waals surface area contributed by atoms with Gasteiger partial charge in [0.25, 0.3) is 5.91 Å². The molecule has 1 N–H and O–H groups in total. The Morgan fingerprint density at radius 1 is 1.02 bits per heavy atom. The van der Waals surface area contributed by atoms with Crippen molar-refractivity contribution in [3.05, 3.63) is 53.0 Å². The fourth-order valence-electron chi connectivity index (χ4n) is 6.10. The summed E-state index contributed by atoms with van der Waals surface area (Å²) >= 11 is 0. The molecule has 1 fully saturated rings. The maximum absolute atomic E-state index is 14.6. The molecule has 11 nitrogen and oxygen atoms in total. The van der Waals surface area contributed by atoms with E-state index in [0.29, 0.717) is 56.4 Å². The molecule has 2 aliphatic heterocycles. The lowest BCUT2D eigenvalue weighted by Gasteiger charge is -2.43. The number of carbonyl (C=O) groups excluding carboxylic acids is 3. The Balaban J connectivity index is 1.68. The lowest BCUT2D eigenvalue weighted by Crippen LogP contribution is -2.57. The summed E-state index contributed by atoms with van der Waals surface area (Å²) in [7, 11) is 1.66. The van der Waals surface area contributed by atoms with Crippen molar-refractivity contribution in [1.29, 1.82) is 0 Å². The van der Waals surface area contributed by atoms with Gasteiger partial charge in [0.15, 0.2) is 0 Å². The molecule has 4 rings (SSSR count). The van der Waals surface area contributed by atoms with E-state index in [2.05, 4.69) is 36.3 Å². The Morgan fingerprint density at radius 2 is 1.68 bits per heavy atom. The topological polar surface area (TPSA) is 117 Å². The monoisotopic (exact) mass is 650 g/mol. The van der Waals surface area contributed by atoms with Crippen molar-refractivity contribution >= 4 is 23.7 Å². The summed E-state index contributed by atoms with van der Waals surface area (Å²) in [4.78, 5) is 56.9. The molecule has 2 atom stereocenters. The number of ether oxygens (including phenoxy) is 2. The number of aromatic nitrogens is 2. The van der Waals surface area contributed by atoms with Crippen LogP contribution in [0.1, 0.15) is 95.5 Å². The van der Waals surface area contributed by atoms with Crippen molar-refractivity contribution < 1.29 is 23.9 Å². The number of rotatable bonds is 10. The summed E-state index contributed by atoms with van der Waals surface area (Å²) < 4.78 is 11.0. The first-order valence-corrected chi connectivity index (χ1v) is 16.8. The minimum Gasteiger partial charge on any atom is -0.444 e. The Kier molecular flexibility index (Phi) is 11.5. The number of carbonyl (C=O) groups is 3. The second-order valence-corrected chi connectivity index (χ2v) is 15.3. The second kappa shape index (κ2) is 15.0. The van der Waals surface area contributed by atoms with E-state index in [0.717, 1.165) is 17.5 Å². The zero-order valence-corrected chi connectivity index (χ0v) is 29.8. The minimum atomic E-state index is -0.705. The van der Waals surface area contributed by atoms with Gasteiger partial charge in [-0.3, -0.25) is 9.59 Å². The predicted octanol–water partition coefficient (Wildman–Crippen LogP) is 5.49. The molecule has 3 heterocycles. The summed E-state index contributed by atoms with van der Waals surface area (Å²) in [6, 6.07) is 7.66. The molecule has 2 aliphatic rings. The standard InChI is InChI=1S/C36H54N6O5/c1-24(2)19-42(32(44)29-18-38-33(35(3,4)5)39-30(29)37-15-12-16-46-9)28-17-27(22-41(23-28)34(45)47-36(6,7)8)31(43)40-20-25-13-10-11-14-26(25)21-40/h10-11,13-14,18,24,27-28H,12,15-17,19-23H2,1-9H3,(H,37,38,39)/t27-,28+/m1/s1. The highest BCUT2D eigenvalue weighted by Crippen LogP contribution is 2.31. The summed E-state index contributed by atoms with van der Waals surface area (Å²) in [5.74, 6) is 0.487. The minimum absolute atomic E-state index is 0.0187. The molecule has 0 saturated carbocycles. The number of nitrogens with zero attached hydrogens (tertiary/aromatic N) is 5. The van der Waals surface area contributed by atoms with Crippen LogP contribution in [0.5, 0.6) is 0 Å². The van der Waals surface area contributed by atoms with E-state index in [-0.39, 0.29) is 36.2 Å². The first-order valence-electron chi connectivity index (χ1n) is 16.8. The van der Waals surface area contributed by atoms with Gasteiger partial charge < -0.3 is 29.5 Å². The van der Waals surface area contributed by atoms with Crippen LogP contribution >= 0.6 is 0 Å². The number of amides is 3. The molecular formula is C36H54N6O5. The number of hydrogen-bond acceptors (Lipinski definition) is 8. The normalized spacial score (nSPS) is 18.3. The first kappa shape index (κ1) is 36.1. The maximum atomic E-state index is 14.6. The highest BCUT2D eigenvalue weighted by molar-refractivity contribution is 5.98. The third-order valence-electron chi connectivity index (χ3n) is 8.35. The molecule has 47 heavy (non-hydrogen) atoms. The van der Waals surface area contributed by atoms with E-state index >= 15 is 0 Å². The molecule has 0 aliphatic carbocycles. The molecule has 3 amide bonds. The van der Waals surface area contributed by atoms with E-state index in [9.17, 15) is 14.4 Å². The number of benzene rings is 1. The molecular weight excluding hydrogens is 596 g/mol. The summed E-state index contributed by atoms with van der Waals surface area (Å²) in [5, 5.41) is 3.35. The van der Waals surface area contributed by atoms with Crippen LogP contribution in [0.15, 0.2) is 30.5 Å². The van der Waals surface area contributed by atoms with Crippen molar-refractivity contribution in [2.24, 2.45) is 11.8 Å². The van der Waals surface area contributed by atoms with Crippen LogP contribution in [0.3, 0.4) is 0 Å². The molecule has 1 saturated heterocycles. The molecule has 0 unspecified atom stereocenters. The van der Waals surface area contributed by atoms with Gasteiger partial charge in [-0.1, -0.05) is 58.9 Å². The van der Waals surface area contributed by atoms with Crippen molar-refractivity contribution in [2.75, 3.05) is 45.2 Å². The fraction of sp³-hybridized carbons (Fsp3) is 0.639. The molecule has 1 aromatic carbocycles. The van der Waals surface area contributed by atoms with Crippen LogP contribution in [-0.4, -0.2) is 94.1 Å². The van der Waals surface area contributed by atoms with Gasteiger partial charge in [-0.15, -0.1) is 0 Å². The van der Waals surface area contributed by atoms with Crippen LogP contribution in [0.4, 0.5) is 10.6 Å². The maximum Gasteiger partial charge on any atom is 0.410 e. The summed E-state index contributed by atoms with van der Waals surface area (Å²) in [5.41, 5.74) is 1.62. The number of methoxy groups -OCH3 is 1. The van der Waals surface area contributed by atoms with Gasteiger partial charge in [0.1, 0.15) is 22.8 Å². The van der Waals surface area contributed by atoms with Crippen molar-refractivity contribution in [1.82, 2.24) is 24.7 Å². The van der Waals surface area contributed by atoms with Crippen molar-refractivity contribution in [2.45, 2.75) is 98.4 Å². The second-order valence-electron chi connectivity index (χ2n) is 15.3. The Bertz CT molecular complexity index is 1390. The zero-order valence-electron chi connectivity index (χ0n) is 29.8. The third kappa shape index (κ3) is 9.43. The van der Waals surface area contributed by atoms with E-state index in [4.69, 9.17) is 14.5 Å². The first-order chi connectivity index (χ1) is 22.1. The number of nitrogens with one attached hydrogen (secondary N) is 1. The molecule has 2 aromatic rings. The van der Waals surface area contributed by atoms with E-state index in [1.807, 2.05) is 63.5 Å². The SMILES string of the molecule is COCCCNc1nc(C(C)(C)C)ncc1C(=O)N(CC(C)C)[C@H]1C[C@@H](C(=O)N2Cc3ccccc3C2)CN(C(=O)OC(C)(C)C)C1. The van der Waals surface area contributed by atoms with Crippen molar-refractivity contribution in [3.63, 3.8) is 0 Å². The number of piperidine rings is 1. The van der Waals surface area contributed by atoms with Gasteiger partial charge in [-0.05, 0) is 50.7 Å². The highest BCUT2D eigenvalue weighted by atomic mass is 16.6. The van der Waals surface area contributed by atoms with Gasteiger partial charge in [-0.2, -0.15) is 0 Å². The molecule has 11 heteroatoms. The van der Waals surface area contributed by atoms with Crippen LogP contribution in [0.25, 0.3) is 0 Å². The van der Waals surface area contributed by atoms with Gasteiger partial charge in [0, 0.05) is 64.6 Å². The average molecular weight is 651 g/mol. The van der Waals surface area contributed by atoms with Crippen LogP contribution < -0.4 is 5.32 Å². The number of hydrogen-bond donors (Lipinski definition) is 1. The number of likely N-dealkylation sites (tertiary alicyclic amines) is 1. The summed E-state index contributed by atoms with van der Waals surface area (Å²) in [6.45, 7) is 18.8. The number of fused-ring (bicyclic) bond motifs is 1. The van der Waals surface area contributed by atoms with Crippen LogP contribution in [0.2, 0.25) is 0 Å².